The first-order chi connectivity index (χ1) is 7.66. The summed E-state index contributed by atoms with van der Waals surface area (Å²) in [6.45, 7) is 0.412. The van der Waals surface area contributed by atoms with E-state index in [9.17, 15) is 0 Å². The monoisotopic (exact) mass is 362 g/mol. The number of ether oxygens (including phenoxy) is 1. The summed E-state index contributed by atoms with van der Waals surface area (Å²) in [6.07, 6.45) is 0. The number of nitrogens with zero attached hydrogens (tertiary/aromatic N) is 1. The quantitative estimate of drug-likeness (QED) is 0.901. The lowest BCUT2D eigenvalue weighted by Gasteiger charge is -2.08. The van der Waals surface area contributed by atoms with Gasteiger partial charge in [-0.1, -0.05) is 6.07 Å². The summed E-state index contributed by atoms with van der Waals surface area (Å²) in [5.41, 5.74) is 6.38. The van der Waals surface area contributed by atoms with Gasteiger partial charge < -0.3 is 10.5 Å². The molecule has 2 aromatic rings. The minimum Gasteiger partial charge on any atom is -0.485 e. The third kappa shape index (κ3) is 2.75. The van der Waals surface area contributed by atoms with Crippen LogP contribution in [0.2, 0.25) is 0 Å². The number of aromatic nitrogens is 1. The topological polar surface area (TPSA) is 48.1 Å². The van der Waals surface area contributed by atoms with Crippen LogP contribution in [-0.2, 0) is 6.61 Å². The van der Waals surface area contributed by atoms with Crippen LogP contribution in [-0.4, -0.2) is 4.98 Å². The maximum absolute atomic E-state index is 5.66. The van der Waals surface area contributed by atoms with Crippen LogP contribution in [0.1, 0.15) is 5.69 Å². The van der Waals surface area contributed by atoms with Crippen molar-refractivity contribution in [1.82, 2.24) is 4.98 Å². The van der Waals surface area contributed by atoms with E-state index in [1.165, 1.54) is 11.3 Å². The molecule has 0 aliphatic carbocycles. The fourth-order valence-electron chi connectivity index (χ4n) is 1.16. The Hall–Kier alpha value is -0.590. The molecule has 0 saturated heterocycles. The molecule has 0 spiro atoms. The van der Waals surface area contributed by atoms with E-state index in [4.69, 9.17) is 10.5 Å². The van der Waals surface area contributed by atoms with Gasteiger partial charge in [-0.15, -0.1) is 11.3 Å². The molecule has 0 atom stereocenters. The molecular formula is C10H8Br2N2OS. The van der Waals surface area contributed by atoms with Gasteiger partial charge in [0.05, 0.1) is 14.6 Å². The highest BCUT2D eigenvalue weighted by Crippen LogP contribution is 2.33. The third-order valence-electron chi connectivity index (χ3n) is 1.85. The van der Waals surface area contributed by atoms with Crippen molar-refractivity contribution in [2.24, 2.45) is 0 Å². The van der Waals surface area contributed by atoms with Gasteiger partial charge >= 0.3 is 0 Å². The van der Waals surface area contributed by atoms with Crippen LogP contribution in [0.15, 0.2) is 32.5 Å². The summed E-state index contributed by atoms with van der Waals surface area (Å²) in [4.78, 5) is 4.13. The summed E-state index contributed by atoms with van der Waals surface area (Å²) in [6, 6.07) is 5.78. The first kappa shape index (κ1) is 11.9. The largest absolute Gasteiger partial charge is 0.485 e. The minimum atomic E-state index is 0.412. The second kappa shape index (κ2) is 5.16. The van der Waals surface area contributed by atoms with E-state index in [1.807, 2.05) is 23.6 Å². The maximum Gasteiger partial charge on any atom is 0.180 e. The Kier molecular flexibility index (Phi) is 3.83. The molecule has 3 nitrogen and oxygen atoms in total. The zero-order chi connectivity index (χ0) is 11.5. The number of benzene rings is 1. The molecule has 2 rings (SSSR count). The molecule has 84 valence electrons. The molecule has 6 heteroatoms. The number of nitrogen functional groups attached to an aromatic ring is 1. The number of rotatable bonds is 3. The number of halogens is 2. The van der Waals surface area contributed by atoms with Crippen molar-refractivity contribution in [3.8, 4) is 5.75 Å². The van der Waals surface area contributed by atoms with Gasteiger partial charge in [0.2, 0.25) is 0 Å². The summed E-state index contributed by atoms with van der Waals surface area (Å²) in [7, 11) is 0. The van der Waals surface area contributed by atoms with Crippen molar-refractivity contribution in [2.45, 2.75) is 6.61 Å². The van der Waals surface area contributed by atoms with Gasteiger partial charge in [0.1, 0.15) is 12.4 Å². The molecule has 0 radical (unpaired) electrons. The summed E-state index contributed by atoms with van der Waals surface area (Å²) < 4.78 is 7.48. The van der Waals surface area contributed by atoms with Gasteiger partial charge in [-0.05, 0) is 44.0 Å². The molecule has 0 bridgehead atoms. The highest BCUT2D eigenvalue weighted by Gasteiger charge is 2.07. The van der Waals surface area contributed by atoms with E-state index in [1.54, 1.807) is 0 Å². The normalized spacial score (nSPS) is 10.4. The zero-order valence-electron chi connectivity index (χ0n) is 8.11. The molecule has 0 saturated carbocycles. The predicted octanol–water partition coefficient (Wildman–Crippen LogP) is 3.83. The van der Waals surface area contributed by atoms with Gasteiger partial charge in [0, 0.05) is 5.38 Å². The van der Waals surface area contributed by atoms with Crippen LogP contribution in [0.3, 0.4) is 0 Å². The van der Waals surface area contributed by atoms with Crippen LogP contribution < -0.4 is 10.5 Å². The molecule has 0 aliphatic rings. The highest BCUT2D eigenvalue weighted by atomic mass is 79.9. The lowest BCUT2D eigenvalue weighted by molar-refractivity contribution is 0.298. The van der Waals surface area contributed by atoms with E-state index in [0.29, 0.717) is 11.7 Å². The Morgan fingerprint density at radius 1 is 1.31 bits per heavy atom. The Labute approximate surface area is 114 Å². The van der Waals surface area contributed by atoms with Crippen molar-refractivity contribution in [3.05, 3.63) is 38.2 Å². The number of thiazole rings is 1. The van der Waals surface area contributed by atoms with E-state index in [-0.39, 0.29) is 0 Å². The lowest BCUT2D eigenvalue weighted by atomic mass is 10.3. The van der Waals surface area contributed by atoms with E-state index in [0.717, 1.165) is 20.4 Å². The fourth-order valence-corrected chi connectivity index (χ4v) is 2.93. The molecule has 0 amide bonds. The lowest BCUT2D eigenvalue weighted by Crippen LogP contribution is -1.97. The van der Waals surface area contributed by atoms with Gasteiger partial charge in [-0.2, -0.15) is 0 Å². The van der Waals surface area contributed by atoms with Crippen molar-refractivity contribution in [1.29, 1.82) is 0 Å². The Morgan fingerprint density at radius 2 is 2.00 bits per heavy atom. The van der Waals surface area contributed by atoms with Gasteiger partial charge in [0.25, 0.3) is 0 Å². The molecule has 1 aromatic carbocycles. The highest BCUT2D eigenvalue weighted by molar-refractivity contribution is 9.11. The second-order valence-electron chi connectivity index (χ2n) is 3.02. The third-order valence-corrected chi connectivity index (χ3v) is 3.82. The average Bonchev–Trinajstić information content (AvgIpc) is 2.63. The molecule has 2 N–H and O–H groups in total. The molecule has 16 heavy (non-hydrogen) atoms. The molecule has 0 fully saturated rings. The van der Waals surface area contributed by atoms with E-state index >= 15 is 0 Å². The zero-order valence-corrected chi connectivity index (χ0v) is 12.1. The first-order valence-corrected chi connectivity index (χ1v) is 6.90. The Balaban J connectivity index is 2.10. The Bertz CT molecular complexity index is 481. The minimum absolute atomic E-state index is 0.412. The van der Waals surface area contributed by atoms with Crippen molar-refractivity contribution >= 4 is 48.3 Å². The van der Waals surface area contributed by atoms with Crippen LogP contribution in [0.4, 0.5) is 5.13 Å². The maximum atomic E-state index is 5.66. The molecule has 1 aromatic heterocycles. The van der Waals surface area contributed by atoms with Gasteiger partial charge in [-0.3, -0.25) is 0 Å². The molecule has 1 heterocycles. The molecule has 0 aliphatic heterocycles. The second-order valence-corrected chi connectivity index (χ2v) is 5.61. The van der Waals surface area contributed by atoms with Crippen molar-refractivity contribution in [3.63, 3.8) is 0 Å². The fraction of sp³-hybridized carbons (Fsp3) is 0.100. The predicted molar refractivity (Wildman–Crippen MR) is 72.7 cm³/mol. The van der Waals surface area contributed by atoms with Crippen molar-refractivity contribution in [2.75, 3.05) is 5.73 Å². The average molecular weight is 364 g/mol. The van der Waals surface area contributed by atoms with E-state index in [2.05, 4.69) is 36.8 Å². The number of para-hydroxylation sites is 1. The van der Waals surface area contributed by atoms with Crippen LogP contribution in [0.5, 0.6) is 5.75 Å². The van der Waals surface area contributed by atoms with Crippen LogP contribution >= 0.6 is 43.2 Å². The van der Waals surface area contributed by atoms with Gasteiger partial charge in [0.15, 0.2) is 5.13 Å². The van der Waals surface area contributed by atoms with Crippen LogP contribution in [0.25, 0.3) is 0 Å². The summed E-state index contributed by atoms with van der Waals surface area (Å²) in [5, 5.41) is 2.45. The first-order valence-electron chi connectivity index (χ1n) is 4.43. The summed E-state index contributed by atoms with van der Waals surface area (Å²) >= 11 is 8.27. The van der Waals surface area contributed by atoms with Gasteiger partial charge in [-0.25, -0.2) is 4.98 Å². The smallest absolute Gasteiger partial charge is 0.180 e. The number of nitrogens with two attached hydrogens (primary N) is 1. The Morgan fingerprint density at radius 3 is 2.56 bits per heavy atom. The number of hydrogen-bond donors (Lipinski definition) is 1. The van der Waals surface area contributed by atoms with Crippen LogP contribution in [0, 0.1) is 0 Å². The standard InChI is InChI=1S/C10H8Br2N2OS/c11-7-2-1-3-8(12)9(7)15-4-6-5-16-10(13)14-6/h1-3,5H,4H2,(H2,13,14). The number of anilines is 1. The molecular weight excluding hydrogens is 356 g/mol. The molecule has 0 unspecified atom stereocenters. The number of hydrogen-bond acceptors (Lipinski definition) is 4. The SMILES string of the molecule is Nc1nc(COc2c(Br)cccc2Br)cs1. The summed E-state index contributed by atoms with van der Waals surface area (Å²) in [5.74, 6) is 0.772. The van der Waals surface area contributed by atoms with E-state index < -0.39 is 0 Å². The van der Waals surface area contributed by atoms with Crippen molar-refractivity contribution < 1.29 is 4.74 Å².